The molecule has 5 heterocycles. The maximum atomic E-state index is 13.1. The highest BCUT2D eigenvalue weighted by Gasteiger charge is 2.49. The lowest BCUT2D eigenvalue weighted by molar-refractivity contribution is -0.148. The number of ether oxygens (including phenoxy) is 1. The minimum atomic E-state index is -0.227. The summed E-state index contributed by atoms with van der Waals surface area (Å²) in [5.74, 6) is 0.175. The molecule has 6 rings (SSSR count). The number of amides is 2. The number of hydrogen-bond acceptors (Lipinski definition) is 5. The van der Waals surface area contributed by atoms with E-state index in [1.165, 1.54) is 12.5 Å². The van der Waals surface area contributed by atoms with Gasteiger partial charge >= 0.3 is 0 Å². The normalized spacial score (nSPS) is 31.5. The zero-order chi connectivity index (χ0) is 19.1. The lowest BCUT2D eigenvalue weighted by Crippen LogP contribution is -2.65. The zero-order valence-electron chi connectivity index (χ0n) is 16.3. The first kappa shape index (κ1) is 18.2. The van der Waals surface area contributed by atoms with Gasteiger partial charge in [-0.25, -0.2) is 0 Å². The Bertz CT molecular complexity index is 722. The Kier molecular flexibility index (Phi) is 4.67. The smallest absolute Gasteiger partial charge is 0.257 e. The molecule has 152 valence electrons. The minimum Gasteiger partial charge on any atom is -0.472 e. The first-order chi connectivity index (χ1) is 13.6. The highest BCUT2D eigenvalue weighted by molar-refractivity contribution is 5.94. The monoisotopic (exact) mass is 387 g/mol. The van der Waals surface area contributed by atoms with Crippen LogP contribution in [-0.2, 0) is 9.53 Å². The van der Waals surface area contributed by atoms with E-state index in [1.807, 2.05) is 4.90 Å². The van der Waals surface area contributed by atoms with Crippen molar-refractivity contribution in [3.05, 3.63) is 24.2 Å². The van der Waals surface area contributed by atoms with Crippen molar-refractivity contribution in [2.75, 3.05) is 39.3 Å². The highest BCUT2D eigenvalue weighted by Crippen LogP contribution is 2.42. The summed E-state index contributed by atoms with van der Waals surface area (Å²) in [5, 5.41) is 0. The molecule has 1 saturated carbocycles. The fraction of sp³-hybridized carbons (Fsp3) is 0.714. The molecule has 4 aliphatic heterocycles. The highest BCUT2D eigenvalue weighted by atomic mass is 16.5. The van der Waals surface area contributed by atoms with Crippen molar-refractivity contribution in [2.45, 2.75) is 56.2 Å². The van der Waals surface area contributed by atoms with E-state index in [4.69, 9.17) is 9.15 Å². The molecule has 1 aliphatic carbocycles. The minimum absolute atomic E-state index is 0.00425. The van der Waals surface area contributed by atoms with Crippen LogP contribution in [0.3, 0.4) is 0 Å². The fourth-order valence-corrected chi connectivity index (χ4v) is 5.29. The number of fused-ring (bicyclic) bond motifs is 4. The number of furan rings is 1. The number of carbonyl (C=O) groups is 2. The number of hydrogen-bond donors (Lipinski definition) is 0. The Labute approximate surface area is 165 Å². The summed E-state index contributed by atoms with van der Waals surface area (Å²) in [5.41, 5.74) is 0.388. The summed E-state index contributed by atoms with van der Waals surface area (Å²) < 4.78 is 11.2. The van der Waals surface area contributed by atoms with Gasteiger partial charge in [-0.2, -0.15) is 0 Å². The Morgan fingerprint density at radius 2 is 1.96 bits per heavy atom. The van der Waals surface area contributed by atoms with Crippen molar-refractivity contribution >= 4 is 11.8 Å². The van der Waals surface area contributed by atoms with Crippen molar-refractivity contribution in [2.24, 2.45) is 0 Å². The molecule has 4 saturated heterocycles. The maximum Gasteiger partial charge on any atom is 0.257 e. The van der Waals surface area contributed by atoms with Crippen LogP contribution in [0.25, 0.3) is 0 Å². The van der Waals surface area contributed by atoms with Gasteiger partial charge in [0.15, 0.2) is 0 Å². The van der Waals surface area contributed by atoms with Gasteiger partial charge < -0.3 is 23.9 Å². The Morgan fingerprint density at radius 3 is 2.64 bits per heavy atom. The van der Waals surface area contributed by atoms with Gasteiger partial charge in [0.05, 0.1) is 36.5 Å². The number of morpholine rings is 1. The van der Waals surface area contributed by atoms with Crippen LogP contribution in [0.15, 0.2) is 23.0 Å². The number of rotatable bonds is 3. The molecule has 0 aromatic carbocycles. The third-order valence-electron chi connectivity index (χ3n) is 7.22. The summed E-state index contributed by atoms with van der Waals surface area (Å²) in [4.78, 5) is 32.6. The molecular weight excluding hydrogens is 358 g/mol. The van der Waals surface area contributed by atoms with Crippen molar-refractivity contribution in [3.63, 3.8) is 0 Å². The molecule has 0 radical (unpaired) electrons. The molecule has 1 atom stereocenters. The van der Waals surface area contributed by atoms with Gasteiger partial charge in [-0.1, -0.05) is 0 Å². The van der Waals surface area contributed by atoms with Gasteiger partial charge in [-0.15, -0.1) is 0 Å². The molecule has 1 aromatic heterocycles. The van der Waals surface area contributed by atoms with Crippen molar-refractivity contribution < 1.29 is 18.7 Å². The summed E-state index contributed by atoms with van der Waals surface area (Å²) in [6.07, 6.45) is 8.39. The Balaban J connectivity index is 1.27. The number of piperidine rings is 1. The van der Waals surface area contributed by atoms with Gasteiger partial charge in [-0.3, -0.25) is 9.59 Å². The standard InChI is InChI=1S/C21H29N3O4/c25-19(23-10-9-22-7-2-17(23)3-8-22)12-18-13-24(20(26)16-4-11-27-14-16)21(15-28-18)5-1-6-21/h4,11,14,17-18H,1-3,5-10,12-13,15H2. The van der Waals surface area contributed by atoms with E-state index in [0.29, 0.717) is 31.2 Å². The predicted molar refractivity (Wildman–Crippen MR) is 102 cm³/mol. The molecule has 5 aliphatic rings. The van der Waals surface area contributed by atoms with Crippen LogP contribution < -0.4 is 0 Å². The second kappa shape index (κ2) is 7.19. The molecule has 7 nitrogen and oxygen atoms in total. The van der Waals surface area contributed by atoms with Gasteiger partial charge in [0.2, 0.25) is 5.91 Å². The van der Waals surface area contributed by atoms with Gasteiger partial charge in [-0.05, 0) is 38.2 Å². The molecule has 2 bridgehead atoms. The average molecular weight is 387 g/mol. The number of carbonyl (C=O) groups excluding carboxylic acids is 2. The van der Waals surface area contributed by atoms with Gasteiger partial charge in [0.25, 0.3) is 5.91 Å². The van der Waals surface area contributed by atoms with E-state index in [9.17, 15) is 9.59 Å². The summed E-state index contributed by atoms with van der Waals surface area (Å²) in [6, 6.07) is 2.09. The Morgan fingerprint density at radius 1 is 1.14 bits per heavy atom. The zero-order valence-corrected chi connectivity index (χ0v) is 16.3. The second-order valence-electron chi connectivity index (χ2n) is 8.80. The maximum absolute atomic E-state index is 13.1. The van der Waals surface area contributed by atoms with Crippen molar-refractivity contribution in [1.29, 1.82) is 0 Å². The second-order valence-corrected chi connectivity index (χ2v) is 8.80. The summed E-state index contributed by atoms with van der Waals surface area (Å²) in [6.45, 7) is 5.01. The van der Waals surface area contributed by atoms with Crippen LogP contribution in [-0.4, -0.2) is 83.5 Å². The SMILES string of the molecule is O=C(CC1CN(C(=O)c2ccoc2)C2(CCC2)CO1)N1CCN2CCC1CC2. The fourth-order valence-electron chi connectivity index (χ4n) is 5.29. The van der Waals surface area contributed by atoms with Gasteiger partial charge in [0, 0.05) is 38.8 Å². The van der Waals surface area contributed by atoms with Crippen molar-refractivity contribution in [3.8, 4) is 0 Å². The van der Waals surface area contributed by atoms with E-state index in [0.717, 1.165) is 58.3 Å². The quantitative estimate of drug-likeness (QED) is 0.790. The largest absolute Gasteiger partial charge is 0.472 e. The summed E-state index contributed by atoms with van der Waals surface area (Å²) in [7, 11) is 0. The van der Waals surface area contributed by atoms with Crippen LogP contribution in [0.5, 0.6) is 0 Å². The predicted octanol–water partition coefficient (Wildman–Crippen LogP) is 1.74. The number of nitrogens with zero attached hydrogens (tertiary/aromatic N) is 3. The molecule has 28 heavy (non-hydrogen) atoms. The molecule has 1 spiro atoms. The first-order valence-corrected chi connectivity index (χ1v) is 10.6. The van der Waals surface area contributed by atoms with Crippen LogP contribution in [0, 0.1) is 0 Å². The third-order valence-corrected chi connectivity index (χ3v) is 7.22. The average Bonchev–Trinajstić information content (AvgIpc) is 3.06. The van der Waals surface area contributed by atoms with Crippen LogP contribution in [0.2, 0.25) is 0 Å². The lowest BCUT2D eigenvalue weighted by Gasteiger charge is -2.54. The third kappa shape index (κ3) is 3.14. The van der Waals surface area contributed by atoms with E-state index in [-0.39, 0.29) is 23.5 Å². The van der Waals surface area contributed by atoms with Gasteiger partial charge in [0.1, 0.15) is 6.26 Å². The topological polar surface area (TPSA) is 66.2 Å². The van der Waals surface area contributed by atoms with E-state index >= 15 is 0 Å². The van der Waals surface area contributed by atoms with E-state index in [2.05, 4.69) is 9.80 Å². The van der Waals surface area contributed by atoms with Crippen LogP contribution >= 0.6 is 0 Å². The van der Waals surface area contributed by atoms with Crippen LogP contribution in [0.1, 0.15) is 48.9 Å². The van der Waals surface area contributed by atoms with E-state index in [1.54, 1.807) is 6.07 Å². The molecule has 1 unspecified atom stereocenters. The lowest BCUT2D eigenvalue weighted by atomic mass is 9.74. The molecular formula is C21H29N3O4. The molecule has 2 amide bonds. The molecule has 1 aromatic rings. The van der Waals surface area contributed by atoms with Crippen molar-refractivity contribution in [1.82, 2.24) is 14.7 Å². The Hall–Kier alpha value is -1.86. The van der Waals surface area contributed by atoms with E-state index < -0.39 is 0 Å². The molecule has 0 N–H and O–H groups in total. The molecule has 5 fully saturated rings. The van der Waals surface area contributed by atoms with Crippen LogP contribution in [0.4, 0.5) is 0 Å². The molecule has 7 heteroatoms. The first-order valence-electron chi connectivity index (χ1n) is 10.6. The summed E-state index contributed by atoms with van der Waals surface area (Å²) >= 11 is 0.